The second-order valence-electron chi connectivity index (χ2n) is 2.79. The van der Waals surface area contributed by atoms with Gasteiger partial charge in [-0.15, -0.1) is 0 Å². The number of esters is 1. The van der Waals surface area contributed by atoms with Gasteiger partial charge in [-0.05, 0) is 17.4 Å². The molecule has 0 bridgehead atoms. The van der Waals surface area contributed by atoms with Gasteiger partial charge in [-0.25, -0.2) is 4.79 Å². The smallest absolute Gasteiger partial charge is 0.338 e. The predicted octanol–water partition coefficient (Wildman–Crippen LogP) is 2.73. The highest BCUT2D eigenvalue weighted by molar-refractivity contribution is 7.98. The summed E-state index contributed by atoms with van der Waals surface area (Å²) >= 11 is 1.80. The number of thioether (sulfide) groups is 1. The molecule has 76 valence electrons. The first-order valence-electron chi connectivity index (χ1n) is 4.53. The molecule has 0 aliphatic rings. The molecule has 1 aromatic rings. The minimum Gasteiger partial charge on any atom is -0.465 e. The Morgan fingerprint density at radius 3 is 2.79 bits per heavy atom. The molecule has 14 heavy (non-hydrogen) atoms. The molecule has 0 aliphatic carbocycles. The lowest BCUT2D eigenvalue weighted by molar-refractivity contribution is 0.0600. The summed E-state index contributed by atoms with van der Waals surface area (Å²) in [5, 5.41) is 0. The van der Waals surface area contributed by atoms with E-state index in [0.29, 0.717) is 5.56 Å². The minimum absolute atomic E-state index is 0.252. The Labute approximate surface area is 88.7 Å². The Balaban J connectivity index is 2.85. The van der Waals surface area contributed by atoms with Crippen molar-refractivity contribution in [3.05, 3.63) is 35.4 Å². The standard InChI is InChI=1S/C11H14O2S/c1-3-14-8-9-6-4-5-7-10(9)11(12)13-2/h4-7H,3,8H2,1-2H3. The summed E-state index contributed by atoms with van der Waals surface area (Å²) in [6.07, 6.45) is 0. The van der Waals surface area contributed by atoms with Crippen LogP contribution in [0.3, 0.4) is 0 Å². The van der Waals surface area contributed by atoms with Crippen molar-refractivity contribution in [2.45, 2.75) is 12.7 Å². The molecule has 3 heteroatoms. The molecule has 0 aliphatic heterocycles. The van der Waals surface area contributed by atoms with Gasteiger partial charge in [-0.2, -0.15) is 11.8 Å². The van der Waals surface area contributed by atoms with Gasteiger partial charge in [0, 0.05) is 5.75 Å². The Bertz CT molecular complexity index is 310. The van der Waals surface area contributed by atoms with Crippen molar-refractivity contribution < 1.29 is 9.53 Å². The van der Waals surface area contributed by atoms with Crippen LogP contribution in [0.1, 0.15) is 22.8 Å². The molecule has 1 aromatic carbocycles. The number of rotatable bonds is 4. The van der Waals surface area contributed by atoms with E-state index in [0.717, 1.165) is 17.1 Å². The quantitative estimate of drug-likeness (QED) is 0.715. The zero-order valence-electron chi connectivity index (χ0n) is 8.45. The third kappa shape index (κ3) is 2.77. The van der Waals surface area contributed by atoms with Crippen LogP contribution in [-0.4, -0.2) is 18.8 Å². The van der Waals surface area contributed by atoms with Gasteiger partial charge < -0.3 is 4.74 Å². The topological polar surface area (TPSA) is 26.3 Å². The molecule has 0 amide bonds. The maximum Gasteiger partial charge on any atom is 0.338 e. The third-order valence-corrected chi connectivity index (χ3v) is 2.81. The van der Waals surface area contributed by atoms with Crippen molar-refractivity contribution in [3.63, 3.8) is 0 Å². The van der Waals surface area contributed by atoms with E-state index in [1.165, 1.54) is 7.11 Å². The molecule has 0 radical (unpaired) electrons. The van der Waals surface area contributed by atoms with E-state index in [2.05, 4.69) is 6.92 Å². The average Bonchev–Trinajstić information content (AvgIpc) is 2.25. The zero-order chi connectivity index (χ0) is 10.4. The summed E-state index contributed by atoms with van der Waals surface area (Å²) in [4.78, 5) is 11.4. The van der Waals surface area contributed by atoms with Crippen LogP contribution in [0.4, 0.5) is 0 Å². The lowest BCUT2D eigenvalue weighted by atomic mass is 10.1. The molecule has 2 nitrogen and oxygen atoms in total. The molecule has 0 heterocycles. The van der Waals surface area contributed by atoms with Crippen LogP contribution in [-0.2, 0) is 10.5 Å². The maximum absolute atomic E-state index is 11.4. The Hall–Kier alpha value is -0.960. The third-order valence-electron chi connectivity index (χ3n) is 1.88. The van der Waals surface area contributed by atoms with Crippen LogP contribution in [0.25, 0.3) is 0 Å². The lowest BCUT2D eigenvalue weighted by Crippen LogP contribution is -2.04. The molecule has 0 fully saturated rings. The van der Waals surface area contributed by atoms with E-state index in [4.69, 9.17) is 4.74 Å². The van der Waals surface area contributed by atoms with Gasteiger partial charge in [0.25, 0.3) is 0 Å². The van der Waals surface area contributed by atoms with Crippen LogP contribution in [0.5, 0.6) is 0 Å². The summed E-state index contributed by atoms with van der Waals surface area (Å²) < 4.78 is 4.71. The van der Waals surface area contributed by atoms with E-state index >= 15 is 0 Å². The summed E-state index contributed by atoms with van der Waals surface area (Å²) in [6.45, 7) is 2.10. The molecule has 1 rings (SSSR count). The molecule has 0 saturated carbocycles. The van der Waals surface area contributed by atoms with Crippen LogP contribution in [0, 0.1) is 0 Å². The summed E-state index contributed by atoms with van der Waals surface area (Å²) in [5.41, 5.74) is 1.72. The SMILES string of the molecule is CCSCc1ccccc1C(=O)OC. The highest BCUT2D eigenvalue weighted by Crippen LogP contribution is 2.16. The van der Waals surface area contributed by atoms with Crippen molar-refractivity contribution in [2.24, 2.45) is 0 Å². The second kappa shape index (κ2) is 5.70. The number of hydrogen-bond acceptors (Lipinski definition) is 3. The first-order chi connectivity index (χ1) is 6.79. The summed E-state index contributed by atoms with van der Waals surface area (Å²) in [7, 11) is 1.41. The van der Waals surface area contributed by atoms with Gasteiger partial charge in [-0.1, -0.05) is 25.1 Å². The fourth-order valence-corrected chi connectivity index (χ4v) is 1.84. The summed E-state index contributed by atoms with van der Waals surface area (Å²) in [5.74, 6) is 1.66. The normalized spacial score (nSPS) is 9.86. The first kappa shape index (κ1) is 11.1. The number of hydrogen-bond donors (Lipinski definition) is 0. The summed E-state index contributed by atoms with van der Waals surface area (Å²) in [6, 6.07) is 7.57. The highest BCUT2D eigenvalue weighted by Gasteiger charge is 2.09. The van der Waals surface area contributed by atoms with Crippen molar-refractivity contribution in [3.8, 4) is 0 Å². The van der Waals surface area contributed by atoms with Gasteiger partial charge in [0.2, 0.25) is 0 Å². The molecule has 0 aromatic heterocycles. The fourth-order valence-electron chi connectivity index (χ4n) is 1.17. The van der Waals surface area contributed by atoms with E-state index in [1.807, 2.05) is 18.2 Å². The molecule has 0 atom stereocenters. The minimum atomic E-state index is -0.252. The average molecular weight is 210 g/mol. The van der Waals surface area contributed by atoms with Crippen LogP contribution in [0.15, 0.2) is 24.3 Å². The van der Waals surface area contributed by atoms with Gasteiger partial charge in [0.05, 0.1) is 12.7 Å². The van der Waals surface area contributed by atoms with Gasteiger partial charge >= 0.3 is 5.97 Å². The van der Waals surface area contributed by atoms with E-state index in [1.54, 1.807) is 17.8 Å². The van der Waals surface area contributed by atoms with Crippen molar-refractivity contribution in [1.82, 2.24) is 0 Å². The fraction of sp³-hybridized carbons (Fsp3) is 0.364. The largest absolute Gasteiger partial charge is 0.465 e. The highest BCUT2D eigenvalue weighted by atomic mass is 32.2. The van der Waals surface area contributed by atoms with Crippen molar-refractivity contribution >= 4 is 17.7 Å². The Kier molecular flexibility index (Phi) is 4.53. The second-order valence-corrected chi connectivity index (χ2v) is 4.06. The monoisotopic (exact) mass is 210 g/mol. The van der Waals surface area contributed by atoms with Crippen molar-refractivity contribution in [2.75, 3.05) is 12.9 Å². The molecule has 0 N–H and O–H groups in total. The first-order valence-corrected chi connectivity index (χ1v) is 5.69. The Morgan fingerprint density at radius 1 is 1.43 bits per heavy atom. The van der Waals surface area contributed by atoms with Crippen LogP contribution >= 0.6 is 11.8 Å². The van der Waals surface area contributed by atoms with E-state index in [9.17, 15) is 4.79 Å². The lowest BCUT2D eigenvalue weighted by Gasteiger charge is -2.06. The molecular formula is C11H14O2S. The van der Waals surface area contributed by atoms with Gasteiger partial charge in [-0.3, -0.25) is 0 Å². The van der Waals surface area contributed by atoms with Gasteiger partial charge in [0.1, 0.15) is 0 Å². The number of carbonyl (C=O) groups is 1. The number of methoxy groups -OCH3 is 1. The van der Waals surface area contributed by atoms with Crippen molar-refractivity contribution in [1.29, 1.82) is 0 Å². The predicted molar refractivity (Wildman–Crippen MR) is 59.6 cm³/mol. The number of benzene rings is 1. The van der Waals surface area contributed by atoms with Gasteiger partial charge in [0.15, 0.2) is 0 Å². The van der Waals surface area contributed by atoms with E-state index in [-0.39, 0.29) is 5.97 Å². The zero-order valence-corrected chi connectivity index (χ0v) is 9.26. The van der Waals surface area contributed by atoms with E-state index < -0.39 is 0 Å². The maximum atomic E-state index is 11.4. The van der Waals surface area contributed by atoms with Crippen LogP contribution < -0.4 is 0 Å². The molecular weight excluding hydrogens is 196 g/mol. The molecule has 0 unspecified atom stereocenters. The number of carbonyl (C=O) groups excluding carboxylic acids is 1. The van der Waals surface area contributed by atoms with Crippen LogP contribution in [0.2, 0.25) is 0 Å². The molecule has 0 saturated heterocycles. The Morgan fingerprint density at radius 2 is 2.14 bits per heavy atom. The molecule has 0 spiro atoms. The number of ether oxygens (including phenoxy) is 1.